The van der Waals surface area contributed by atoms with Crippen molar-refractivity contribution in [2.75, 3.05) is 7.11 Å². The minimum absolute atomic E-state index is 0.130. The molecule has 1 rings (SSSR count). The Labute approximate surface area is 90.8 Å². The third kappa shape index (κ3) is 2.62. The lowest BCUT2D eigenvalue weighted by Crippen LogP contribution is -2.19. The molecule has 0 spiro atoms. The zero-order chi connectivity index (χ0) is 13.4. The van der Waals surface area contributed by atoms with Crippen LogP contribution < -0.4 is 4.74 Å². The molecule has 1 aromatic rings. The number of hydrogen-bond donors (Lipinski definition) is 0. The molecule has 0 bridgehead atoms. The maximum absolute atomic E-state index is 13.2. The lowest BCUT2D eigenvalue weighted by molar-refractivity contribution is -0.164. The monoisotopic (exact) mass is 262 g/mol. The van der Waals surface area contributed by atoms with Gasteiger partial charge in [-0.1, -0.05) is 0 Å². The first-order valence-electron chi connectivity index (χ1n) is 4.10. The van der Waals surface area contributed by atoms with E-state index in [4.69, 9.17) is 0 Å². The van der Waals surface area contributed by atoms with Gasteiger partial charge in [0.2, 0.25) is 0 Å². The van der Waals surface area contributed by atoms with Gasteiger partial charge in [-0.05, 0) is 12.1 Å². The van der Waals surface area contributed by atoms with Crippen molar-refractivity contribution in [3.8, 4) is 5.75 Å². The Morgan fingerprint density at radius 1 is 0.941 bits per heavy atom. The SMILES string of the molecule is COc1ccc(C(F)(F)F)c(C(F)(F)F)c1F. The Morgan fingerprint density at radius 2 is 1.47 bits per heavy atom. The summed E-state index contributed by atoms with van der Waals surface area (Å²) in [4.78, 5) is 0. The second-order valence-electron chi connectivity index (χ2n) is 3.00. The Balaban J connectivity index is 3.59. The number of halogens is 7. The van der Waals surface area contributed by atoms with Crippen LogP contribution in [0.2, 0.25) is 0 Å². The van der Waals surface area contributed by atoms with Crippen molar-refractivity contribution in [1.82, 2.24) is 0 Å². The van der Waals surface area contributed by atoms with Crippen LogP contribution in [0.4, 0.5) is 30.7 Å². The fourth-order valence-corrected chi connectivity index (χ4v) is 1.23. The van der Waals surface area contributed by atoms with Crippen molar-refractivity contribution >= 4 is 0 Å². The molecule has 0 fully saturated rings. The Morgan fingerprint density at radius 3 is 1.82 bits per heavy atom. The predicted molar refractivity (Wildman–Crippen MR) is 43.0 cm³/mol. The first-order chi connectivity index (χ1) is 7.59. The van der Waals surface area contributed by atoms with Gasteiger partial charge in [-0.2, -0.15) is 26.3 Å². The zero-order valence-electron chi connectivity index (χ0n) is 8.21. The van der Waals surface area contributed by atoms with Crippen LogP contribution in [0, 0.1) is 5.82 Å². The number of alkyl halides is 6. The van der Waals surface area contributed by atoms with Crippen LogP contribution in [0.25, 0.3) is 0 Å². The maximum Gasteiger partial charge on any atom is 0.419 e. The van der Waals surface area contributed by atoms with Gasteiger partial charge in [0, 0.05) is 0 Å². The fraction of sp³-hybridized carbons (Fsp3) is 0.333. The van der Waals surface area contributed by atoms with Crippen LogP contribution in [0.3, 0.4) is 0 Å². The lowest BCUT2D eigenvalue weighted by atomic mass is 10.1. The average Bonchev–Trinajstić information content (AvgIpc) is 2.13. The minimum atomic E-state index is -5.45. The van der Waals surface area contributed by atoms with Crippen LogP contribution in [0.15, 0.2) is 12.1 Å². The summed E-state index contributed by atoms with van der Waals surface area (Å²) in [6.45, 7) is 0. The van der Waals surface area contributed by atoms with Gasteiger partial charge in [0.05, 0.1) is 12.7 Å². The van der Waals surface area contributed by atoms with Crippen LogP contribution in [-0.4, -0.2) is 7.11 Å². The summed E-state index contributed by atoms with van der Waals surface area (Å²) < 4.78 is 91.4. The molecule has 0 unspecified atom stereocenters. The Kier molecular flexibility index (Phi) is 3.26. The molecule has 0 amide bonds. The zero-order valence-corrected chi connectivity index (χ0v) is 8.21. The third-order valence-corrected chi connectivity index (χ3v) is 1.92. The van der Waals surface area contributed by atoms with E-state index < -0.39 is 35.0 Å². The van der Waals surface area contributed by atoms with Gasteiger partial charge in [-0.15, -0.1) is 0 Å². The molecule has 1 nitrogen and oxygen atoms in total. The summed E-state index contributed by atoms with van der Waals surface area (Å²) in [5.41, 5.74) is -4.45. The standard InChI is InChI=1S/C9H5F7O/c1-17-5-3-2-4(8(11,12)13)6(7(5)10)9(14,15)16/h2-3H,1H3. The third-order valence-electron chi connectivity index (χ3n) is 1.92. The molecule has 0 aliphatic heterocycles. The van der Waals surface area contributed by atoms with Crippen molar-refractivity contribution < 1.29 is 35.5 Å². The molecule has 0 aromatic heterocycles. The number of methoxy groups -OCH3 is 1. The molecule has 0 saturated heterocycles. The van der Waals surface area contributed by atoms with E-state index in [1.165, 1.54) is 0 Å². The molecule has 0 aliphatic rings. The van der Waals surface area contributed by atoms with E-state index in [-0.39, 0.29) is 6.07 Å². The van der Waals surface area contributed by atoms with Crippen molar-refractivity contribution in [2.24, 2.45) is 0 Å². The summed E-state index contributed by atoms with van der Waals surface area (Å²) >= 11 is 0. The van der Waals surface area contributed by atoms with Crippen molar-refractivity contribution in [3.63, 3.8) is 0 Å². The number of benzene rings is 1. The molecule has 0 N–H and O–H groups in total. The van der Waals surface area contributed by atoms with Gasteiger partial charge in [-0.25, -0.2) is 4.39 Å². The number of rotatable bonds is 1. The highest BCUT2D eigenvalue weighted by Gasteiger charge is 2.46. The maximum atomic E-state index is 13.2. The van der Waals surface area contributed by atoms with Crippen LogP contribution in [0.1, 0.15) is 11.1 Å². The first-order valence-corrected chi connectivity index (χ1v) is 4.10. The molecule has 8 heteroatoms. The van der Waals surface area contributed by atoms with Crippen LogP contribution in [-0.2, 0) is 12.4 Å². The molecular formula is C9H5F7O. The van der Waals surface area contributed by atoms with Gasteiger partial charge in [0.15, 0.2) is 11.6 Å². The van der Waals surface area contributed by atoms with Gasteiger partial charge in [0.1, 0.15) is 5.56 Å². The molecule has 0 heterocycles. The average molecular weight is 262 g/mol. The number of hydrogen-bond acceptors (Lipinski definition) is 1. The molecule has 0 radical (unpaired) electrons. The van der Waals surface area contributed by atoms with E-state index in [1.807, 2.05) is 0 Å². The van der Waals surface area contributed by atoms with E-state index in [0.717, 1.165) is 7.11 Å². The largest absolute Gasteiger partial charge is 0.494 e. The highest BCUT2D eigenvalue weighted by molar-refractivity contribution is 5.41. The summed E-state index contributed by atoms with van der Waals surface area (Å²) in [5.74, 6) is -2.97. The van der Waals surface area contributed by atoms with Crippen molar-refractivity contribution in [3.05, 3.63) is 29.1 Å². The second kappa shape index (κ2) is 4.08. The van der Waals surface area contributed by atoms with Crippen molar-refractivity contribution in [1.29, 1.82) is 0 Å². The summed E-state index contributed by atoms with van der Waals surface area (Å²) in [6.07, 6.45) is -10.7. The highest BCUT2D eigenvalue weighted by Crippen LogP contribution is 2.43. The van der Waals surface area contributed by atoms with Gasteiger partial charge >= 0.3 is 12.4 Å². The smallest absolute Gasteiger partial charge is 0.419 e. The summed E-state index contributed by atoms with van der Waals surface area (Å²) in [5, 5.41) is 0. The minimum Gasteiger partial charge on any atom is -0.494 e. The van der Waals surface area contributed by atoms with E-state index in [9.17, 15) is 30.7 Å². The molecule has 0 saturated carbocycles. The van der Waals surface area contributed by atoms with Crippen molar-refractivity contribution in [2.45, 2.75) is 12.4 Å². The van der Waals surface area contributed by atoms with Gasteiger partial charge in [-0.3, -0.25) is 0 Å². The van der Waals surface area contributed by atoms with Crippen LogP contribution >= 0.6 is 0 Å². The normalized spacial score (nSPS) is 12.7. The van der Waals surface area contributed by atoms with E-state index in [1.54, 1.807) is 0 Å². The summed E-state index contributed by atoms with van der Waals surface area (Å²) in [6, 6.07) is 0.623. The molecular weight excluding hydrogens is 257 g/mol. The molecule has 1 aromatic carbocycles. The second-order valence-corrected chi connectivity index (χ2v) is 3.00. The van der Waals surface area contributed by atoms with E-state index in [0.29, 0.717) is 6.07 Å². The van der Waals surface area contributed by atoms with Gasteiger partial charge < -0.3 is 4.74 Å². The predicted octanol–water partition coefficient (Wildman–Crippen LogP) is 3.87. The molecule has 17 heavy (non-hydrogen) atoms. The first kappa shape index (κ1) is 13.6. The van der Waals surface area contributed by atoms with Crippen LogP contribution in [0.5, 0.6) is 5.75 Å². The quantitative estimate of drug-likeness (QED) is 0.698. The fourth-order valence-electron chi connectivity index (χ4n) is 1.23. The van der Waals surface area contributed by atoms with E-state index >= 15 is 0 Å². The van der Waals surface area contributed by atoms with Gasteiger partial charge in [0.25, 0.3) is 0 Å². The van der Waals surface area contributed by atoms with E-state index in [2.05, 4.69) is 4.74 Å². The summed E-state index contributed by atoms with van der Waals surface area (Å²) in [7, 11) is 0.853. The topological polar surface area (TPSA) is 9.23 Å². The molecule has 0 aliphatic carbocycles. The Bertz CT molecular complexity index is 419. The molecule has 96 valence electrons. The highest BCUT2D eigenvalue weighted by atomic mass is 19.4. The molecule has 0 atom stereocenters. The Hall–Kier alpha value is -1.47. The number of ether oxygens (including phenoxy) is 1. The lowest BCUT2D eigenvalue weighted by Gasteiger charge is -2.17.